The van der Waals surface area contributed by atoms with E-state index in [2.05, 4.69) is 15.3 Å². The SMILES string of the molecule is CNCC(=O)O.Cc1ccc2nc(C(N)=O)c3ncn(C)c3c2c1.I. The van der Waals surface area contributed by atoms with Crippen LogP contribution in [0.3, 0.4) is 0 Å². The summed E-state index contributed by atoms with van der Waals surface area (Å²) in [5, 5.41) is 11.3. The molecule has 0 aliphatic heterocycles. The number of primary amides is 1. The molecule has 1 amide bonds. The number of aromatic nitrogens is 3. The van der Waals surface area contributed by atoms with Gasteiger partial charge in [-0.3, -0.25) is 9.59 Å². The molecule has 3 rings (SSSR count). The number of carboxylic acid groups (broad SMARTS) is 1. The summed E-state index contributed by atoms with van der Waals surface area (Å²) < 4.78 is 1.88. The molecule has 0 aliphatic carbocycles. The van der Waals surface area contributed by atoms with Crippen molar-refractivity contribution in [2.75, 3.05) is 13.6 Å². The van der Waals surface area contributed by atoms with Crippen LogP contribution in [0.5, 0.6) is 0 Å². The average Bonchev–Trinajstić information content (AvgIpc) is 2.89. The Kier molecular flexibility index (Phi) is 7.24. The van der Waals surface area contributed by atoms with Crippen molar-refractivity contribution in [1.29, 1.82) is 0 Å². The van der Waals surface area contributed by atoms with E-state index in [1.807, 2.05) is 36.7 Å². The second kappa shape index (κ2) is 8.72. The minimum atomic E-state index is -0.822. The van der Waals surface area contributed by atoms with E-state index in [1.165, 1.54) is 0 Å². The third-order valence-electron chi connectivity index (χ3n) is 3.36. The highest BCUT2D eigenvalue weighted by atomic mass is 127. The Labute approximate surface area is 161 Å². The van der Waals surface area contributed by atoms with Gasteiger partial charge in [-0.25, -0.2) is 9.97 Å². The van der Waals surface area contributed by atoms with Crippen molar-refractivity contribution in [1.82, 2.24) is 19.9 Å². The molecule has 25 heavy (non-hydrogen) atoms. The first-order valence-electron chi connectivity index (χ1n) is 7.22. The van der Waals surface area contributed by atoms with E-state index in [0.29, 0.717) is 5.52 Å². The van der Waals surface area contributed by atoms with Gasteiger partial charge in [0.15, 0.2) is 5.69 Å². The Bertz CT molecular complexity index is 923. The lowest BCUT2D eigenvalue weighted by atomic mass is 10.1. The fourth-order valence-corrected chi connectivity index (χ4v) is 2.35. The van der Waals surface area contributed by atoms with Crippen LogP contribution in [-0.4, -0.2) is 45.1 Å². The molecule has 0 spiro atoms. The molecule has 0 bridgehead atoms. The number of halogens is 1. The first-order valence-corrected chi connectivity index (χ1v) is 7.22. The quantitative estimate of drug-likeness (QED) is 0.512. The molecule has 2 aromatic heterocycles. The first-order chi connectivity index (χ1) is 11.3. The molecule has 0 unspecified atom stereocenters. The van der Waals surface area contributed by atoms with Crippen molar-refractivity contribution in [3.63, 3.8) is 0 Å². The van der Waals surface area contributed by atoms with E-state index in [-0.39, 0.29) is 36.2 Å². The summed E-state index contributed by atoms with van der Waals surface area (Å²) in [6.07, 6.45) is 1.67. The lowest BCUT2D eigenvalue weighted by Gasteiger charge is -2.05. The number of likely N-dealkylation sites (N-methyl/N-ethyl adjacent to an activating group) is 1. The number of nitrogens with two attached hydrogens (primary N) is 1. The van der Waals surface area contributed by atoms with Gasteiger partial charge in [-0.2, -0.15) is 0 Å². The van der Waals surface area contributed by atoms with Gasteiger partial charge in [0.25, 0.3) is 5.91 Å². The molecule has 134 valence electrons. The van der Waals surface area contributed by atoms with Gasteiger partial charge in [-0.15, -0.1) is 24.0 Å². The highest BCUT2D eigenvalue weighted by Gasteiger charge is 2.16. The van der Waals surface area contributed by atoms with Gasteiger partial charge in [0.2, 0.25) is 0 Å². The lowest BCUT2D eigenvalue weighted by Crippen LogP contribution is -2.16. The maximum atomic E-state index is 11.4. The maximum Gasteiger partial charge on any atom is 0.317 e. The topological polar surface area (TPSA) is 123 Å². The average molecular weight is 457 g/mol. The van der Waals surface area contributed by atoms with Crippen molar-refractivity contribution in [2.24, 2.45) is 12.8 Å². The largest absolute Gasteiger partial charge is 0.480 e. The predicted octanol–water partition coefficient (Wildman–Crippen LogP) is 1.44. The minimum Gasteiger partial charge on any atom is -0.480 e. The number of carboxylic acids is 1. The number of rotatable bonds is 3. The highest BCUT2D eigenvalue weighted by molar-refractivity contribution is 14.0. The van der Waals surface area contributed by atoms with E-state index in [1.54, 1.807) is 13.4 Å². The Morgan fingerprint density at radius 2 is 2.04 bits per heavy atom. The van der Waals surface area contributed by atoms with Crippen LogP contribution in [0.4, 0.5) is 0 Å². The van der Waals surface area contributed by atoms with Crippen LogP contribution in [0.2, 0.25) is 0 Å². The molecule has 8 nitrogen and oxygen atoms in total. The summed E-state index contributed by atoms with van der Waals surface area (Å²) in [5.74, 6) is -1.38. The molecular weight excluding hydrogens is 437 g/mol. The third-order valence-corrected chi connectivity index (χ3v) is 3.36. The number of aryl methyl sites for hydroxylation is 2. The number of hydrogen-bond donors (Lipinski definition) is 3. The molecule has 3 aromatic rings. The standard InChI is InChI=1S/C13H12N4O.C3H7NO2.HI/c1-7-3-4-9-8(5-7)12-10(15-6-17(12)2)11(16-9)13(14)18;1-4-2-3(5)6;/h3-6H,1-2H3,(H2,14,18);4H,2H2,1H3,(H,5,6);1H. The van der Waals surface area contributed by atoms with Crippen LogP contribution < -0.4 is 11.1 Å². The molecule has 1 aromatic carbocycles. The summed E-state index contributed by atoms with van der Waals surface area (Å²) in [4.78, 5) is 29.5. The maximum absolute atomic E-state index is 11.4. The van der Waals surface area contributed by atoms with Crippen molar-refractivity contribution in [3.05, 3.63) is 35.8 Å². The van der Waals surface area contributed by atoms with Gasteiger partial charge >= 0.3 is 5.97 Å². The van der Waals surface area contributed by atoms with E-state index in [0.717, 1.165) is 22.0 Å². The first kappa shape index (κ1) is 20.8. The normalized spacial score (nSPS) is 10.0. The number of nitrogens with one attached hydrogen (secondary N) is 1. The number of nitrogens with zero attached hydrogens (tertiary/aromatic N) is 3. The monoisotopic (exact) mass is 457 g/mol. The van der Waals surface area contributed by atoms with Gasteiger partial charge in [0.1, 0.15) is 5.52 Å². The fraction of sp³-hybridized carbons (Fsp3) is 0.250. The molecule has 9 heteroatoms. The molecule has 2 heterocycles. The number of hydrogen-bond acceptors (Lipinski definition) is 5. The second-order valence-corrected chi connectivity index (χ2v) is 5.32. The number of carbonyl (C=O) groups excluding carboxylic acids is 1. The number of aliphatic carboxylic acids is 1. The molecule has 0 saturated carbocycles. The Morgan fingerprint density at radius 1 is 1.36 bits per heavy atom. The predicted molar refractivity (Wildman–Crippen MR) is 106 cm³/mol. The number of amides is 1. The van der Waals surface area contributed by atoms with Crippen molar-refractivity contribution >= 4 is 57.8 Å². The molecule has 0 saturated heterocycles. The summed E-state index contributed by atoms with van der Waals surface area (Å²) in [5.41, 5.74) is 8.92. The van der Waals surface area contributed by atoms with E-state index >= 15 is 0 Å². The molecule has 0 radical (unpaired) electrons. The Balaban J connectivity index is 0.000000390. The van der Waals surface area contributed by atoms with Gasteiger partial charge in [-0.05, 0) is 26.1 Å². The van der Waals surface area contributed by atoms with Crippen LogP contribution in [0, 0.1) is 6.92 Å². The van der Waals surface area contributed by atoms with Crippen LogP contribution >= 0.6 is 24.0 Å². The fourth-order valence-electron chi connectivity index (χ4n) is 2.35. The van der Waals surface area contributed by atoms with Crippen LogP contribution in [0.25, 0.3) is 21.9 Å². The van der Waals surface area contributed by atoms with Gasteiger partial charge in [0, 0.05) is 12.4 Å². The molecule has 0 fully saturated rings. The Hall–Kier alpha value is -2.27. The number of imidazole rings is 1. The van der Waals surface area contributed by atoms with E-state index < -0.39 is 11.9 Å². The van der Waals surface area contributed by atoms with E-state index in [9.17, 15) is 9.59 Å². The molecular formula is C16H20IN5O3. The zero-order chi connectivity index (χ0) is 17.9. The van der Waals surface area contributed by atoms with E-state index in [4.69, 9.17) is 10.8 Å². The number of carbonyl (C=O) groups is 2. The van der Waals surface area contributed by atoms with Gasteiger partial charge < -0.3 is 20.7 Å². The van der Waals surface area contributed by atoms with Gasteiger partial charge in [-0.1, -0.05) is 11.6 Å². The van der Waals surface area contributed by atoms with Crippen LogP contribution in [0.15, 0.2) is 24.5 Å². The number of pyridine rings is 1. The summed E-state index contributed by atoms with van der Waals surface area (Å²) in [7, 11) is 3.48. The second-order valence-electron chi connectivity index (χ2n) is 5.32. The highest BCUT2D eigenvalue weighted by Crippen LogP contribution is 2.25. The third kappa shape index (κ3) is 4.63. The Morgan fingerprint density at radius 3 is 2.56 bits per heavy atom. The number of benzene rings is 1. The number of fused-ring (bicyclic) bond motifs is 3. The van der Waals surface area contributed by atoms with Crippen molar-refractivity contribution < 1.29 is 14.7 Å². The van der Waals surface area contributed by atoms with Gasteiger partial charge in [0.05, 0.1) is 23.9 Å². The zero-order valence-electron chi connectivity index (χ0n) is 14.1. The lowest BCUT2D eigenvalue weighted by molar-refractivity contribution is -0.135. The summed E-state index contributed by atoms with van der Waals surface area (Å²) >= 11 is 0. The molecule has 0 atom stereocenters. The van der Waals surface area contributed by atoms with Crippen molar-refractivity contribution in [3.8, 4) is 0 Å². The van der Waals surface area contributed by atoms with Crippen LogP contribution in [0.1, 0.15) is 16.1 Å². The zero-order valence-corrected chi connectivity index (χ0v) is 16.4. The minimum absolute atomic E-state index is 0. The molecule has 0 aliphatic rings. The van der Waals surface area contributed by atoms with Crippen molar-refractivity contribution in [2.45, 2.75) is 6.92 Å². The smallest absolute Gasteiger partial charge is 0.317 e. The summed E-state index contributed by atoms with van der Waals surface area (Å²) in [6.45, 7) is 2.06. The molecule has 4 N–H and O–H groups in total. The van der Waals surface area contributed by atoms with Crippen LogP contribution in [-0.2, 0) is 11.8 Å². The summed E-state index contributed by atoms with van der Waals surface area (Å²) in [6, 6.07) is 5.89.